The van der Waals surface area contributed by atoms with Crippen LogP contribution in [0.5, 0.6) is 0 Å². The Morgan fingerprint density at radius 3 is 2.88 bits per heavy atom. The summed E-state index contributed by atoms with van der Waals surface area (Å²) in [7, 11) is 0. The van der Waals surface area contributed by atoms with Gasteiger partial charge in [-0.15, -0.1) is 0 Å². The predicted molar refractivity (Wildman–Crippen MR) is 127 cm³/mol. The van der Waals surface area contributed by atoms with Crippen molar-refractivity contribution in [2.75, 3.05) is 32.8 Å². The number of rotatable bonds is 7. The van der Waals surface area contributed by atoms with E-state index in [1.807, 2.05) is 31.2 Å². The number of morpholine rings is 1. The molecule has 2 aliphatic rings. The first-order valence-corrected chi connectivity index (χ1v) is 11.9. The van der Waals surface area contributed by atoms with Crippen LogP contribution in [0.25, 0.3) is 16.9 Å². The van der Waals surface area contributed by atoms with Crippen molar-refractivity contribution in [1.82, 2.24) is 30.0 Å². The fourth-order valence-corrected chi connectivity index (χ4v) is 4.60. The largest absolute Gasteiger partial charge is 0.374 e. The third-order valence-electron chi connectivity index (χ3n) is 6.28. The Bertz CT molecular complexity index is 1140. The van der Waals surface area contributed by atoms with Crippen molar-refractivity contribution in [2.24, 2.45) is 5.92 Å². The average Bonchev–Trinajstić information content (AvgIpc) is 3.61. The molecular weight excluding hydrogens is 416 g/mol. The van der Waals surface area contributed by atoms with Gasteiger partial charge in [-0.05, 0) is 43.9 Å². The standard InChI is InChI=1S/C25H32N6O2/c1-16(2)14-30-10-11-33-19(15-30)13-27-25(32)20-12-21(18-7-8-18)28-24-23(20)17(3)29-31(24)22-6-4-5-9-26-22/h4-6,9,12,16,18-19H,7-8,10-11,13-15H2,1-3H3,(H,27,32). The number of carbonyl (C=O) groups excluding carboxylic acids is 1. The maximum absolute atomic E-state index is 13.4. The van der Waals surface area contributed by atoms with Crippen molar-refractivity contribution in [3.8, 4) is 5.82 Å². The van der Waals surface area contributed by atoms with Crippen LogP contribution < -0.4 is 5.32 Å². The number of ether oxygens (including phenoxy) is 1. The summed E-state index contributed by atoms with van der Waals surface area (Å²) in [5.41, 5.74) is 3.06. The molecule has 0 aromatic carbocycles. The number of aromatic nitrogens is 4. The summed E-state index contributed by atoms with van der Waals surface area (Å²) >= 11 is 0. The topological polar surface area (TPSA) is 85.2 Å². The normalized spacial score (nSPS) is 19.3. The number of nitrogens with one attached hydrogen (secondary N) is 1. The Balaban J connectivity index is 1.41. The third kappa shape index (κ3) is 4.77. The first kappa shape index (κ1) is 22.0. The molecule has 3 aromatic heterocycles. The monoisotopic (exact) mass is 448 g/mol. The molecule has 8 heteroatoms. The highest BCUT2D eigenvalue weighted by atomic mass is 16.5. The highest BCUT2D eigenvalue weighted by Gasteiger charge is 2.29. The van der Waals surface area contributed by atoms with Crippen molar-refractivity contribution in [1.29, 1.82) is 0 Å². The third-order valence-corrected chi connectivity index (χ3v) is 6.28. The second-order valence-corrected chi connectivity index (χ2v) is 9.61. The maximum atomic E-state index is 13.4. The van der Waals surface area contributed by atoms with E-state index in [1.54, 1.807) is 10.9 Å². The summed E-state index contributed by atoms with van der Waals surface area (Å²) in [6.45, 7) is 10.4. The van der Waals surface area contributed by atoms with Crippen LogP contribution >= 0.6 is 0 Å². The molecule has 0 bridgehead atoms. The van der Waals surface area contributed by atoms with Crippen LogP contribution in [0.1, 0.15) is 54.4 Å². The predicted octanol–water partition coefficient (Wildman–Crippen LogP) is 3.09. The minimum absolute atomic E-state index is 0.000908. The van der Waals surface area contributed by atoms with Gasteiger partial charge in [0, 0.05) is 44.0 Å². The molecule has 33 heavy (non-hydrogen) atoms. The Hall–Kier alpha value is -2.84. The molecule has 1 unspecified atom stereocenters. The Labute approximate surface area is 194 Å². The van der Waals surface area contributed by atoms with Gasteiger partial charge in [0.2, 0.25) is 0 Å². The van der Waals surface area contributed by atoms with E-state index in [-0.39, 0.29) is 12.0 Å². The highest BCUT2D eigenvalue weighted by molar-refractivity contribution is 6.06. The van der Waals surface area contributed by atoms with Crippen LogP contribution in [-0.4, -0.2) is 69.4 Å². The summed E-state index contributed by atoms with van der Waals surface area (Å²) in [5.74, 6) is 1.63. The van der Waals surface area contributed by atoms with Crippen molar-refractivity contribution in [3.63, 3.8) is 0 Å². The molecule has 4 heterocycles. The van der Waals surface area contributed by atoms with Gasteiger partial charge in [0.1, 0.15) is 0 Å². The van der Waals surface area contributed by atoms with E-state index in [4.69, 9.17) is 14.8 Å². The van der Waals surface area contributed by atoms with Crippen LogP contribution in [0, 0.1) is 12.8 Å². The maximum Gasteiger partial charge on any atom is 0.252 e. The number of carbonyl (C=O) groups is 1. The number of hydrogen-bond donors (Lipinski definition) is 1. The summed E-state index contributed by atoms with van der Waals surface area (Å²) in [5, 5.41) is 8.60. The zero-order valence-corrected chi connectivity index (χ0v) is 19.6. The van der Waals surface area contributed by atoms with Gasteiger partial charge >= 0.3 is 0 Å². The number of aryl methyl sites for hydroxylation is 1. The number of amides is 1. The van der Waals surface area contributed by atoms with Gasteiger partial charge in [0.15, 0.2) is 11.5 Å². The van der Waals surface area contributed by atoms with Gasteiger partial charge in [-0.3, -0.25) is 9.69 Å². The van der Waals surface area contributed by atoms with Crippen LogP contribution in [-0.2, 0) is 4.74 Å². The van der Waals surface area contributed by atoms with Crippen LogP contribution in [0.2, 0.25) is 0 Å². The van der Waals surface area contributed by atoms with Crippen LogP contribution in [0.4, 0.5) is 0 Å². The van der Waals surface area contributed by atoms with E-state index in [9.17, 15) is 4.79 Å². The second kappa shape index (κ2) is 9.19. The van der Waals surface area contributed by atoms with Gasteiger partial charge in [0.05, 0.1) is 29.4 Å². The molecule has 0 spiro atoms. The molecular formula is C25H32N6O2. The Kier molecular flexibility index (Phi) is 6.12. The summed E-state index contributed by atoms with van der Waals surface area (Å²) in [6.07, 6.45) is 3.96. The van der Waals surface area contributed by atoms with Gasteiger partial charge in [0.25, 0.3) is 5.91 Å². The summed E-state index contributed by atoms with van der Waals surface area (Å²) in [4.78, 5) is 25.2. The zero-order chi connectivity index (χ0) is 22.9. The fraction of sp³-hybridized carbons (Fsp3) is 0.520. The van der Waals surface area contributed by atoms with E-state index >= 15 is 0 Å². The van der Waals surface area contributed by atoms with E-state index in [2.05, 4.69) is 29.0 Å². The van der Waals surface area contributed by atoms with Crippen molar-refractivity contribution < 1.29 is 9.53 Å². The lowest BCUT2D eigenvalue weighted by Crippen LogP contribution is -2.48. The molecule has 2 fully saturated rings. The molecule has 1 atom stereocenters. The lowest BCUT2D eigenvalue weighted by atomic mass is 10.1. The van der Waals surface area contributed by atoms with Gasteiger partial charge in [-0.25, -0.2) is 9.97 Å². The van der Waals surface area contributed by atoms with E-state index < -0.39 is 0 Å². The molecule has 8 nitrogen and oxygen atoms in total. The number of pyridine rings is 2. The number of nitrogens with zero attached hydrogens (tertiary/aromatic N) is 5. The molecule has 0 radical (unpaired) electrons. The molecule has 5 rings (SSSR count). The highest BCUT2D eigenvalue weighted by Crippen LogP contribution is 2.40. The first-order valence-electron chi connectivity index (χ1n) is 11.9. The van der Waals surface area contributed by atoms with Crippen molar-refractivity contribution >= 4 is 16.9 Å². The molecule has 3 aromatic rings. The minimum atomic E-state index is -0.0995. The van der Waals surface area contributed by atoms with Crippen LogP contribution in [0.3, 0.4) is 0 Å². The molecule has 174 valence electrons. The van der Waals surface area contributed by atoms with Gasteiger partial charge < -0.3 is 10.1 Å². The van der Waals surface area contributed by atoms with Crippen molar-refractivity contribution in [3.05, 3.63) is 47.4 Å². The quantitative estimate of drug-likeness (QED) is 0.598. The van der Waals surface area contributed by atoms with E-state index in [0.717, 1.165) is 49.2 Å². The van der Waals surface area contributed by atoms with Crippen LogP contribution in [0.15, 0.2) is 30.5 Å². The smallest absolute Gasteiger partial charge is 0.252 e. The van der Waals surface area contributed by atoms with Gasteiger partial charge in [-0.2, -0.15) is 9.78 Å². The van der Waals surface area contributed by atoms with Crippen molar-refractivity contribution in [2.45, 2.75) is 45.6 Å². The molecule has 1 saturated heterocycles. The molecule has 1 aliphatic carbocycles. The number of hydrogen-bond acceptors (Lipinski definition) is 6. The Morgan fingerprint density at radius 1 is 1.30 bits per heavy atom. The molecule has 1 aliphatic heterocycles. The Morgan fingerprint density at radius 2 is 2.15 bits per heavy atom. The van der Waals surface area contributed by atoms with Gasteiger partial charge in [-0.1, -0.05) is 19.9 Å². The van der Waals surface area contributed by atoms with E-state index in [0.29, 0.717) is 42.0 Å². The average molecular weight is 449 g/mol. The van der Waals surface area contributed by atoms with E-state index in [1.165, 1.54) is 0 Å². The fourth-order valence-electron chi connectivity index (χ4n) is 4.60. The summed E-state index contributed by atoms with van der Waals surface area (Å²) in [6, 6.07) is 7.66. The molecule has 1 saturated carbocycles. The zero-order valence-electron chi connectivity index (χ0n) is 19.6. The molecule has 1 amide bonds. The number of fused-ring (bicyclic) bond motifs is 1. The summed E-state index contributed by atoms with van der Waals surface area (Å²) < 4.78 is 7.68. The lowest BCUT2D eigenvalue weighted by Gasteiger charge is -2.34. The lowest BCUT2D eigenvalue weighted by molar-refractivity contribution is -0.0295. The molecule has 1 N–H and O–H groups in total. The first-order chi connectivity index (χ1) is 16.0. The second-order valence-electron chi connectivity index (χ2n) is 9.61. The SMILES string of the molecule is Cc1nn(-c2ccccn2)c2nc(C3CC3)cc(C(=O)NCC3CN(CC(C)C)CCO3)c12. The minimum Gasteiger partial charge on any atom is -0.374 e.